The minimum atomic E-state index is -0.537. The zero-order valence-corrected chi connectivity index (χ0v) is 20.7. The number of rotatable bonds is 4. The highest BCUT2D eigenvalue weighted by Gasteiger charge is 2.31. The van der Waals surface area contributed by atoms with Crippen LogP contribution in [-0.2, 0) is 4.79 Å². The molecule has 2 aromatic heterocycles. The van der Waals surface area contributed by atoms with Gasteiger partial charge in [0, 0.05) is 36.6 Å². The number of benzene rings is 1. The Bertz CT molecular complexity index is 1390. The maximum absolute atomic E-state index is 13.6. The molecule has 2 amide bonds. The van der Waals surface area contributed by atoms with Crippen LogP contribution in [0.2, 0.25) is 5.02 Å². The van der Waals surface area contributed by atoms with Gasteiger partial charge in [-0.2, -0.15) is 0 Å². The van der Waals surface area contributed by atoms with E-state index in [2.05, 4.69) is 44.7 Å². The van der Waals surface area contributed by atoms with Gasteiger partial charge in [-0.1, -0.05) is 11.6 Å². The number of aryl methyl sites for hydroxylation is 1. The van der Waals surface area contributed by atoms with Gasteiger partial charge in [0.25, 0.3) is 11.8 Å². The topological polar surface area (TPSA) is 115 Å². The van der Waals surface area contributed by atoms with Crippen molar-refractivity contribution in [2.45, 2.75) is 32.9 Å². The molecular formula is C25H25ClFN7O2. The van der Waals surface area contributed by atoms with Crippen molar-refractivity contribution in [3.8, 4) is 0 Å². The highest BCUT2D eigenvalue weighted by atomic mass is 35.5. The first-order valence-corrected chi connectivity index (χ1v) is 11.9. The third-order valence-electron chi connectivity index (χ3n) is 6.19. The van der Waals surface area contributed by atoms with Crippen LogP contribution in [0.3, 0.4) is 0 Å². The number of H-pyrrole nitrogens is 1. The Morgan fingerprint density at radius 2 is 1.97 bits per heavy atom. The summed E-state index contributed by atoms with van der Waals surface area (Å²) < 4.78 is 13.6. The van der Waals surface area contributed by atoms with Gasteiger partial charge >= 0.3 is 0 Å². The number of carbonyl (C=O) groups excluding carboxylic acids is 2. The fraction of sp³-hybridized carbons (Fsp3) is 0.280. The summed E-state index contributed by atoms with van der Waals surface area (Å²) in [5.41, 5.74) is 3.21. The van der Waals surface area contributed by atoms with Crippen LogP contribution in [-0.4, -0.2) is 56.8 Å². The molecule has 4 N–H and O–H groups in total. The Balaban J connectivity index is 1.47. The lowest BCUT2D eigenvalue weighted by atomic mass is 10.1. The number of aromatic amines is 1. The van der Waals surface area contributed by atoms with E-state index < -0.39 is 5.82 Å². The van der Waals surface area contributed by atoms with Crippen LogP contribution in [0.1, 0.15) is 41.2 Å². The fourth-order valence-corrected chi connectivity index (χ4v) is 4.79. The van der Waals surface area contributed by atoms with Crippen LogP contribution in [0.25, 0.3) is 11.6 Å². The summed E-state index contributed by atoms with van der Waals surface area (Å²) in [6.07, 6.45) is 3.00. The molecule has 1 aromatic carbocycles. The van der Waals surface area contributed by atoms with Crippen LogP contribution in [0.15, 0.2) is 30.6 Å². The van der Waals surface area contributed by atoms with Crippen LogP contribution in [0.4, 0.5) is 21.7 Å². The van der Waals surface area contributed by atoms with Crippen molar-refractivity contribution in [3.63, 3.8) is 0 Å². The maximum atomic E-state index is 13.6. The Morgan fingerprint density at radius 3 is 2.69 bits per heavy atom. The number of nitrogens with zero attached hydrogens (tertiary/aromatic N) is 3. The summed E-state index contributed by atoms with van der Waals surface area (Å²) in [7, 11) is 0. The Labute approximate surface area is 212 Å². The number of halogens is 2. The predicted octanol–water partition coefficient (Wildman–Crippen LogP) is 3.96. The second-order valence-corrected chi connectivity index (χ2v) is 9.58. The summed E-state index contributed by atoms with van der Waals surface area (Å²) in [6.45, 7) is 7.21. The Morgan fingerprint density at radius 1 is 1.22 bits per heavy atom. The van der Waals surface area contributed by atoms with Gasteiger partial charge in [0.15, 0.2) is 0 Å². The lowest BCUT2D eigenvalue weighted by Crippen LogP contribution is -2.55. The molecule has 9 nitrogen and oxygen atoms in total. The van der Waals surface area contributed by atoms with Crippen molar-refractivity contribution >= 4 is 52.4 Å². The van der Waals surface area contributed by atoms with Gasteiger partial charge in [-0.15, -0.1) is 0 Å². The number of aromatic nitrogens is 3. The smallest absolute Gasteiger partial charge is 0.270 e. The monoisotopic (exact) mass is 509 g/mol. The minimum absolute atomic E-state index is 0.0388. The first-order valence-electron chi connectivity index (χ1n) is 11.5. The molecule has 4 heterocycles. The van der Waals surface area contributed by atoms with Gasteiger partial charge in [0.05, 0.1) is 16.2 Å². The van der Waals surface area contributed by atoms with E-state index in [1.54, 1.807) is 12.1 Å². The second kappa shape index (κ2) is 9.36. The second-order valence-electron chi connectivity index (χ2n) is 9.17. The molecule has 5 rings (SSSR count). The molecule has 2 atom stereocenters. The SMILES string of the molecule is Cc1cc(C(=O)N2CC(C)NC(C)C2)[nH]c1/C=C1\C(=O)Nc2ncnc(Nc3ccc(F)c(Cl)c3)c21. The number of anilines is 3. The quantitative estimate of drug-likeness (QED) is 0.396. The van der Waals surface area contributed by atoms with Crippen LogP contribution >= 0.6 is 11.6 Å². The standard InChI is InChI=1S/C25H25ClFN7O2/c1-12-6-20(25(36)34-9-13(2)30-14(3)10-34)32-19(12)8-16-21-22(28-11-29-23(21)33-24(16)35)31-15-4-5-18(27)17(26)7-15/h4-8,11,13-14,30,32H,9-10H2,1-3H3,(H2,28,29,31,33,35)/b16-8-. The summed E-state index contributed by atoms with van der Waals surface area (Å²) in [5.74, 6) is -0.266. The van der Waals surface area contributed by atoms with Crippen LogP contribution in [0.5, 0.6) is 0 Å². The summed E-state index contributed by atoms with van der Waals surface area (Å²) >= 11 is 5.91. The van der Waals surface area contributed by atoms with Crippen molar-refractivity contribution in [2.24, 2.45) is 0 Å². The van der Waals surface area contributed by atoms with E-state index in [0.29, 0.717) is 52.9 Å². The molecule has 2 aliphatic rings. The zero-order chi connectivity index (χ0) is 25.6. The van der Waals surface area contributed by atoms with Crippen molar-refractivity contribution < 1.29 is 14.0 Å². The van der Waals surface area contributed by atoms with Crippen molar-refractivity contribution in [2.75, 3.05) is 23.7 Å². The molecule has 1 saturated heterocycles. The molecule has 3 aromatic rings. The fourth-order valence-electron chi connectivity index (χ4n) is 4.61. The normalized spacial score (nSPS) is 20.4. The van der Waals surface area contributed by atoms with E-state index >= 15 is 0 Å². The summed E-state index contributed by atoms with van der Waals surface area (Å²) in [5, 5.41) is 9.21. The number of hydrogen-bond acceptors (Lipinski definition) is 6. The molecule has 0 spiro atoms. The van der Waals surface area contributed by atoms with Crippen molar-refractivity contribution in [1.29, 1.82) is 0 Å². The van der Waals surface area contributed by atoms with Gasteiger partial charge < -0.3 is 25.8 Å². The highest BCUT2D eigenvalue weighted by molar-refractivity contribution is 6.35. The third-order valence-corrected chi connectivity index (χ3v) is 6.48. The van der Waals surface area contributed by atoms with E-state index in [1.807, 2.05) is 11.8 Å². The molecule has 0 saturated carbocycles. The number of amides is 2. The molecule has 0 radical (unpaired) electrons. The molecule has 0 bridgehead atoms. The van der Waals surface area contributed by atoms with Crippen molar-refractivity contribution in [3.05, 3.63) is 63.9 Å². The zero-order valence-electron chi connectivity index (χ0n) is 19.9. The molecule has 2 aliphatic heterocycles. The minimum Gasteiger partial charge on any atom is -0.351 e. The predicted molar refractivity (Wildman–Crippen MR) is 137 cm³/mol. The van der Waals surface area contributed by atoms with E-state index in [0.717, 1.165) is 5.56 Å². The Hall–Kier alpha value is -3.76. The number of hydrogen-bond donors (Lipinski definition) is 4. The molecule has 1 fully saturated rings. The average molecular weight is 510 g/mol. The van der Waals surface area contributed by atoms with E-state index in [1.165, 1.54) is 24.5 Å². The average Bonchev–Trinajstić information content (AvgIpc) is 3.35. The lowest BCUT2D eigenvalue weighted by molar-refractivity contribution is -0.110. The molecule has 36 heavy (non-hydrogen) atoms. The van der Waals surface area contributed by atoms with Crippen molar-refractivity contribution in [1.82, 2.24) is 25.2 Å². The van der Waals surface area contributed by atoms with E-state index in [-0.39, 0.29) is 28.9 Å². The van der Waals surface area contributed by atoms with Gasteiger partial charge in [-0.25, -0.2) is 14.4 Å². The van der Waals surface area contributed by atoms with Crippen LogP contribution in [0, 0.1) is 12.7 Å². The van der Waals surface area contributed by atoms with E-state index in [4.69, 9.17) is 11.6 Å². The number of fused-ring (bicyclic) bond motifs is 1. The van der Waals surface area contributed by atoms with Gasteiger partial charge in [0.1, 0.15) is 29.5 Å². The molecule has 186 valence electrons. The molecule has 11 heteroatoms. The number of carbonyl (C=O) groups is 2. The number of piperazine rings is 1. The first-order chi connectivity index (χ1) is 17.2. The maximum Gasteiger partial charge on any atom is 0.270 e. The largest absolute Gasteiger partial charge is 0.351 e. The number of nitrogens with one attached hydrogen (secondary N) is 4. The molecule has 2 unspecified atom stereocenters. The van der Waals surface area contributed by atoms with Crippen LogP contribution < -0.4 is 16.0 Å². The highest BCUT2D eigenvalue weighted by Crippen LogP contribution is 2.37. The lowest BCUT2D eigenvalue weighted by Gasteiger charge is -2.35. The summed E-state index contributed by atoms with van der Waals surface area (Å²) in [6, 6.07) is 6.40. The first kappa shape index (κ1) is 24.0. The molecule has 0 aliphatic carbocycles. The van der Waals surface area contributed by atoms with Gasteiger partial charge in [-0.05, 0) is 56.7 Å². The van der Waals surface area contributed by atoms with Gasteiger partial charge in [-0.3, -0.25) is 9.59 Å². The third kappa shape index (κ3) is 4.57. The van der Waals surface area contributed by atoms with Gasteiger partial charge in [0.2, 0.25) is 0 Å². The summed E-state index contributed by atoms with van der Waals surface area (Å²) in [4.78, 5) is 39.5. The van der Waals surface area contributed by atoms with E-state index in [9.17, 15) is 14.0 Å². The Kier molecular flexibility index (Phi) is 6.23. The molecular weight excluding hydrogens is 485 g/mol.